The number of rotatable bonds is 2. The number of ketones is 1. The monoisotopic (exact) mass is 345 g/mol. The third-order valence-corrected chi connectivity index (χ3v) is 3.90. The Morgan fingerprint density at radius 2 is 2.05 bits per heavy atom. The first-order valence-corrected chi connectivity index (χ1v) is 7.21. The molecule has 106 valence electrons. The second-order valence-corrected chi connectivity index (χ2v) is 5.71. The third-order valence-electron chi connectivity index (χ3n) is 3.24. The van der Waals surface area contributed by atoms with Crippen LogP contribution in [0.15, 0.2) is 40.9 Å². The Labute approximate surface area is 130 Å². The van der Waals surface area contributed by atoms with Crippen molar-refractivity contribution < 1.29 is 14.3 Å². The molecule has 1 aliphatic rings. The summed E-state index contributed by atoms with van der Waals surface area (Å²) in [6, 6.07) is 10.6. The zero-order valence-electron chi connectivity index (χ0n) is 11.3. The smallest absolute Gasteiger partial charge is 0.262 e. The molecule has 1 heterocycles. The van der Waals surface area contributed by atoms with Crippen LogP contribution in [0.5, 0.6) is 5.75 Å². The van der Waals surface area contributed by atoms with Crippen LogP contribution in [0.3, 0.4) is 0 Å². The van der Waals surface area contributed by atoms with Crippen LogP contribution < -0.4 is 10.1 Å². The van der Waals surface area contributed by atoms with Gasteiger partial charge in [-0.1, -0.05) is 22.0 Å². The topological polar surface area (TPSA) is 55.4 Å². The molecule has 0 fully saturated rings. The highest BCUT2D eigenvalue weighted by atomic mass is 79.9. The Hall–Kier alpha value is -2.14. The van der Waals surface area contributed by atoms with E-state index in [9.17, 15) is 9.59 Å². The molecule has 1 N–H and O–H groups in total. The van der Waals surface area contributed by atoms with E-state index in [2.05, 4.69) is 21.2 Å². The van der Waals surface area contributed by atoms with Gasteiger partial charge in [-0.05, 0) is 42.8 Å². The minimum atomic E-state index is -0.219. The highest BCUT2D eigenvalue weighted by molar-refractivity contribution is 9.10. The number of aryl methyl sites for hydroxylation is 1. The van der Waals surface area contributed by atoms with Crippen LogP contribution in [-0.4, -0.2) is 18.3 Å². The van der Waals surface area contributed by atoms with Gasteiger partial charge < -0.3 is 10.1 Å². The molecular weight excluding hydrogens is 334 g/mol. The average Bonchev–Trinajstić information content (AvgIpc) is 2.46. The summed E-state index contributed by atoms with van der Waals surface area (Å²) in [5.41, 5.74) is 2.69. The van der Waals surface area contributed by atoms with E-state index in [0.29, 0.717) is 22.6 Å². The number of benzene rings is 2. The van der Waals surface area contributed by atoms with E-state index in [-0.39, 0.29) is 18.3 Å². The summed E-state index contributed by atoms with van der Waals surface area (Å²) in [7, 11) is 0. The van der Waals surface area contributed by atoms with Gasteiger partial charge in [-0.2, -0.15) is 0 Å². The maximum atomic E-state index is 12.6. The van der Waals surface area contributed by atoms with E-state index >= 15 is 0 Å². The van der Waals surface area contributed by atoms with Crippen molar-refractivity contribution in [2.24, 2.45) is 0 Å². The van der Waals surface area contributed by atoms with Crippen LogP contribution >= 0.6 is 15.9 Å². The predicted octanol–water partition coefficient (Wildman–Crippen LogP) is 3.32. The fourth-order valence-corrected chi connectivity index (χ4v) is 2.86. The summed E-state index contributed by atoms with van der Waals surface area (Å²) in [4.78, 5) is 23.9. The Balaban J connectivity index is 1.98. The van der Waals surface area contributed by atoms with Crippen molar-refractivity contribution in [2.75, 3.05) is 11.9 Å². The number of amides is 1. The minimum absolute atomic E-state index is 0.00377. The number of fused-ring (bicyclic) bond motifs is 1. The molecule has 0 atom stereocenters. The number of hydrogen-bond donors (Lipinski definition) is 1. The zero-order chi connectivity index (χ0) is 15.0. The predicted molar refractivity (Wildman–Crippen MR) is 82.9 cm³/mol. The van der Waals surface area contributed by atoms with Gasteiger partial charge in [0.25, 0.3) is 5.91 Å². The lowest BCUT2D eigenvalue weighted by molar-refractivity contribution is -0.118. The molecule has 0 aliphatic carbocycles. The number of carbonyl (C=O) groups excluding carboxylic acids is 2. The molecule has 4 nitrogen and oxygen atoms in total. The molecule has 2 aromatic carbocycles. The molecule has 2 aromatic rings. The number of ether oxygens (including phenoxy) is 1. The molecule has 1 aliphatic heterocycles. The molecule has 1 amide bonds. The summed E-state index contributed by atoms with van der Waals surface area (Å²) in [6.45, 7) is 1.97. The van der Waals surface area contributed by atoms with Crippen LogP contribution in [0.4, 0.5) is 5.69 Å². The van der Waals surface area contributed by atoms with E-state index in [0.717, 1.165) is 10.0 Å². The molecular formula is C16H12BrNO3. The van der Waals surface area contributed by atoms with Gasteiger partial charge in [-0.3, -0.25) is 9.59 Å². The summed E-state index contributed by atoms with van der Waals surface area (Å²) in [5, 5.41) is 2.70. The molecule has 0 aromatic heterocycles. The lowest BCUT2D eigenvalue weighted by Crippen LogP contribution is -2.25. The van der Waals surface area contributed by atoms with Crippen molar-refractivity contribution in [3.63, 3.8) is 0 Å². The van der Waals surface area contributed by atoms with E-state index < -0.39 is 0 Å². The molecule has 0 radical (unpaired) electrons. The second-order valence-electron chi connectivity index (χ2n) is 4.86. The van der Waals surface area contributed by atoms with Gasteiger partial charge in [0.15, 0.2) is 12.4 Å². The molecule has 0 bridgehead atoms. The number of hydrogen-bond acceptors (Lipinski definition) is 3. The Bertz CT molecular complexity index is 755. The first-order valence-electron chi connectivity index (χ1n) is 6.42. The largest absolute Gasteiger partial charge is 0.482 e. The molecule has 21 heavy (non-hydrogen) atoms. The molecule has 0 unspecified atom stereocenters. The Kier molecular flexibility index (Phi) is 3.51. The first-order chi connectivity index (χ1) is 10.0. The van der Waals surface area contributed by atoms with E-state index in [4.69, 9.17) is 4.74 Å². The van der Waals surface area contributed by atoms with E-state index in [1.54, 1.807) is 24.3 Å². The summed E-state index contributed by atoms with van der Waals surface area (Å²) in [6.07, 6.45) is 0. The number of nitrogens with one attached hydrogen (secondary N) is 1. The maximum Gasteiger partial charge on any atom is 0.262 e. The third kappa shape index (κ3) is 2.69. The lowest BCUT2D eigenvalue weighted by atomic mass is 10.0. The average molecular weight is 346 g/mol. The molecule has 0 spiro atoms. The quantitative estimate of drug-likeness (QED) is 0.849. The Morgan fingerprint density at radius 1 is 1.24 bits per heavy atom. The van der Waals surface area contributed by atoms with Crippen molar-refractivity contribution in [2.45, 2.75) is 6.92 Å². The normalized spacial score (nSPS) is 13.1. The van der Waals surface area contributed by atoms with Gasteiger partial charge in [0, 0.05) is 15.6 Å². The van der Waals surface area contributed by atoms with Gasteiger partial charge in [-0.15, -0.1) is 0 Å². The lowest BCUT2D eigenvalue weighted by Gasteiger charge is -2.18. The van der Waals surface area contributed by atoms with Crippen molar-refractivity contribution in [1.29, 1.82) is 0 Å². The zero-order valence-corrected chi connectivity index (χ0v) is 12.9. The summed E-state index contributed by atoms with van der Waals surface area (Å²) < 4.78 is 6.04. The van der Waals surface area contributed by atoms with Crippen LogP contribution in [0, 0.1) is 6.92 Å². The van der Waals surface area contributed by atoms with Gasteiger partial charge >= 0.3 is 0 Å². The highest BCUT2D eigenvalue weighted by Crippen LogP contribution is 2.30. The van der Waals surface area contributed by atoms with Gasteiger partial charge in [0.1, 0.15) is 5.75 Å². The summed E-state index contributed by atoms with van der Waals surface area (Å²) in [5.74, 6) is 0.252. The van der Waals surface area contributed by atoms with Crippen molar-refractivity contribution in [1.82, 2.24) is 0 Å². The minimum Gasteiger partial charge on any atom is -0.482 e. The SMILES string of the molecule is Cc1ccc(C(=O)c2ccc3c(c2)NC(=O)CO3)c(Br)c1. The fraction of sp³-hybridized carbons (Fsp3) is 0.125. The van der Waals surface area contributed by atoms with Crippen molar-refractivity contribution >= 4 is 33.3 Å². The van der Waals surface area contributed by atoms with E-state index in [1.165, 1.54) is 0 Å². The number of anilines is 1. The second kappa shape index (κ2) is 5.33. The van der Waals surface area contributed by atoms with Gasteiger partial charge in [0.2, 0.25) is 0 Å². The highest BCUT2D eigenvalue weighted by Gasteiger charge is 2.19. The van der Waals surface area contributed by atoms with Gasteiger partial charge in [-0.25, -0.2) is 0 Å². The molecule has 3 rings (SSSR count). The molecule has 0 saturated heterocycles. The summed E-state index contributed by atoms with van der Waals surface area (Å²) >= 11 is 3.41. The van der Waals surface area contributed by atoms with Crippen LogP contribution in [0.1, 0.15) is 21.5 Å². The van der Waals surface area contributed by atoms with Gasteiger partial charge in [0.05, 0.1) is 5.69 Å². The standard InChI is InChI=1S/C16H12BrNO3/c1-9-2-4-11(12(17)6-9)16(20)10-3-5-14-13(7-10)18-15(19)8-21-14/h2-7H,8H2,1H3,(H,18,19). The number of halogens is 1. The van der Waals surface area contributed by atoms with Crippen molar-refractivity contribution in [3.05, 3.63) is 57.6 Å². The molecule has 5 heteroatoms. The maximum absolute atomic E-state index is 12.6. The van der Waals surface area contributed by atoms with E-state index in [1.807, 2.05) is 19.1 Å². The van der Waals surface area contributed by atoms with Crippen LogP contribution in [-0.2, 0) is 4.79 Å². The van der Waals surface area contributed by atoms with Crippen molar-refractivity contribution in [3.8, 4) is 5.75 Å². The van der Waals surface area contributed by atoms with Crippen LogP contribution in [0.25, 0.3) is 0 Å². The fourth-order valence-electron chi connectivity index (χ4n) is 2.18. The molecule has 0 saturated carbocycles. The Morgan fingerprint density at radius 3 is 2.81 bits per heavy atom. The number of carbonyl (C=O) groups is 2. The first kappa shape index (κ1) is 13.8. The van der Waals surface area contributed by atoms with Crippen LogP contribution in [0.2, 0.25) is 0 Å².